The minimum atomic E-state index is -4.75. The summed E-state index contributed by atoms with van der Waals surface area (Å²) < 4.78 is 43.3. The highest BCUT2D eigenvalue weighted by molar-refractivity contribution is 8.15. The summed E-state index contributed by atoms with van der Waals surface area (Å²) >= 11 is 1.35. The van der Waals surface area contributed by atoms with Crippen molar-refractivity contribution in [3.05, 3.63) is 89.9 Å². The third kappa shape index (κ3) is 5.82. The van der Waals surface area contributed by atoms with Crippen LogP contribution in [0, 0.1) is 6.92 Å². The fourth-order valence-corrected chi connectivity index (χ4v) is 5.75. The third-order valence-corrected chi connectivity index (χ3v) is 7.81. The first kappa shape index (κ1) is 28.4. The Morgan fingerprint density at radius 2 is 1.84 bits per heavy atom. The molecule has 1 fully saturated rings. The average Bonchev–Trinajstić information content (AvgIpc) is 3.56. The molecule has 218 valence electrons. The Bertz CT molecular complexity index is 1920. The number of anilines is 1. The van der Waals surface area contributed by atoms with Crippen LogP contribution in [0.5, 0.6) is 5.75 Å². The molecule has 1 aliphatic heterocycles. The number of benzene rings is 3. The maximum Gasteiger partial charge on any atom is 0.573 e. The van der Waals surface area contributed by atoms with Crippen LogP contribution in [0.2, 0.25) is 0 Å². The highest BCUT2D eigenvalue weighted by atomic mass is 32.2. The van der Waals surface area contributed by atoms with Gasteiger partial charge in [0.15, 0.2) is 5.17 Å². The smallest absolute Gasteiger partial charge is 0.406 e. The number of thioether (sulfide) groups is 1. The molecule has 0 unspecified atom stereocenters. The minimum Gasteiger partial charge on any atom is -0.406 e. The van der Waals surface area contributed by atoms with Crippen molar-refractivity contribution in [1.29, 1.82) is 0 Å². The van der Waals surface area contributed by atoms with Gasteiger partial charge in [-0.25, -0.2) is 9.97 Å². The molecule has 0 spiro atoms. The van der Waals surface area contributed by atoms with E-state index in [0.717, 1.165) is 27.7 Å². The lowest BCUT2D eigenvalue weighted by Crippen LogP contribution is -2.30. The molecule has 0 saturated carbocycles. The second-order valence-electron chi connectivity index (χ2n) is 10.3. The first-order chi connectivity index (χ1) is 20.6. The number of fused-ring (bicyclic) bond motifs is 3. The van der Waals surface area contributed by atoms with E-state index in [-0.39, 0.29) is 17.6 Å². The Labute approximate surface area is 248 Å². The van der Waals surface area contributed by atoms with Crippen LogP contribution < -0.4 is 9.64 Å². The summed E-state index contributed by atoms with van der Waals surface area (Å²) in [7, 11) is 0. The number of imidazole rings is 1. The second kappa shape index (κ2) is 11.2. The molecule has 8 nitrogen and oxygen atoms in total. The van der Waals surface area contributed by atoms with Crippen molar-refractivity contribution in [2.45, 2.75) is 33.1 Å². The highest BCUT2D eigenvalue weighted by Crippen LogP contribution is 2.34. The number of ether oxygens (including phenoxy) is 1. The summed E-state index contributed by atoms with van der Waals surface area (Å²) in [5.74, 6) is 0.194. The van der Waals surface area contributed by atoms with Gasteiger partial charge in [-0.15, -0.1) is 18.3 Å². The van der Waals surface area contributed by atoms with Crippen molar-refractivity contribution in [3.63, 3.8) is 0 Å². The first-order valence-corrected chi connectivity index (χ1v) is 14.4. The van der Waals surface area contributed by atoms with Crippen molar-refractivity contribution >= 4 is 56.7 Å². The van der Waals surface area contributed by atoms with E-state index in [4.69, 9.17) is 0 Å². The van der Waals surface area contributed by atoms with Gasteiger partial charge in [-0.3, -0.25) is 14.3 Å². The van der Waals surface area contributed by atoms with Crippen LogP contribution in [0.4, 0.5) is 18.9 Å². The van der Waals surface area contributed by atoms with Gasteiger partial charge in [-0.1, -0.05) is 37.7 Å². The van der Waals surface area contributed by atoms with E-state index in [2.05, 4.69) is 44.8 Å². The number of nitrogens with zero attached hydrogens (tertiary/aromatic N) is 6. The number of amidine groups is 1. The molecule has 0 bridgehead atoms. The average molecular weight is 603 g/mol. The lowest BCUT2D eigenvalue weighted by molar-refractivity contribution is -0.274. The summed E-state index contributed by atoms with van der Waals surface area (Å²) in [5, 5.41) is 9.95. The molecule has 3 aromatic carbocycles. The Kier molecular flexibility index (Phi) is 7.38. The zero-order valence-corrected chi connectivity index (χ0v) is 24.1. The molecule has 1 amide bonds. The molecule has 0 radical (unpaired) electrons. The number of hydrogen-bond acceptors (Lipinski definition) is 7. The molecule has 43 heavy (non-hydrogen) atoms. The van der Waals surface area contributed by atoms with Gasteiger partial charge in [0.2, 0.25) is 5.91 Å². The Hall–Kier alpha value is -4.71. The summed E-state index contributed by atoms with van der Waals surface area (Å²) in [6.45, 7) is 6.18. The van der Waals surface area contributed by atoms with E-state index in [1.165, 1.54) is 36.0 Å². The molecule has 0 N–H and O–H groups in total. The van der Waals surface area contributed by atoms with E-state index in [9.17, 15) is 18.0 Å². The van der Waals surface area contributed by atoms with Gasteiger partial charge < -0.3 is 4.74 Å². The maximum atomic E-state index is 12.8. The molecular formula is C31H25F3N6O2S. The molecule has 0 aliphatic carbocycles. The summed E-state index contributed by atoms with van der Waals surface area (Å²) in [4.78, 5) is 23.7. The number of aromatic nitrogens is 3. The van der Waals surface area contributed by atoms with Gasteiger partial charge in [-0.05, 0) is 78.6 Å². The van der Waals surface area contributed by atoms with E-state index in [0.29, 0.717) is 33.3 Å². The van der Waals surface area contributed by atoms with Crippen LogP contribution in [0.1, 0.15) is 36.6 Å². The molecule has 12 heteroatoms. The molecule has 3 heterocycles. The number of amides is 1. The number of pyridine rings is 1. The summed E-state index contributed by atoms with van der Waals surface area (Å²) in [5.41, 5.74) is 6.32. The molecule has 5 aromatic rings. The molecule has 0 atom stereocenters. The zero-order valence-electron chi connectivity index (χ0n) is 23.3. The van der Waals surface area contributed by atoms with E-state index in [1.54, 1.807) is 28.1 Å². The van der Waals surface area contributed by atoms with Crippen molar-refractivity contribution in [2.75, 3.05) is 10.7 Å². The van der Waals surface area contributed by atoms with Crippen LogP contribution in [0.15, 0.2) is 83.3 Å². The lowest BCUT2D eigenvalue weighted by atomic mass is 9.99. The van der Waals surface area contributed by atoms with Gasteiger partial charge >= 0.3 is 6.36 Å². The third-order valence-electron chi connectivity index (χ3n) is 6.90. The van der Waals surface area contributed by atoms with Crippen molar-refractivity contribution in [1.82, 2.24) is 14.5 Å². The topological polar surface area (TPSA) is 85.0 Å². The predicted octanol–water partition coefficient (Wildman–Crippen LogP) is 7.37. The number of halogens is 3. The molecular weight excluding hydrogens is 577 g/mol. The number of carbonyl (C=O) groups excluding carboxylic acids is 1. The molecule has 2 aromatic heterocycles. The van der Waals surface area contributed by atoms with Crippen LogP contribution >= 0.6 is 11.8 Å². The number of rotatable bonds is 6. The Balaban J connectivity index is 1.26. The minimum absolute atomic E-state index is 0.0377. The standard InChI is InChI=1S/C31H25F3N6O2S/c1-18(2)23-10-4-19(3)14-27(23)40-28(41)16-43-30(40)38-36-15-20-5-11-24-25(37-20)12-13-26-29(24)35-17-39(26)21-6-8-22(9-7-21)42-31(32,33)34/h4-15,17-18H,16H2,1-3H3/b36-15?,38-30+. The Morgan fingerprint density at radius 3 is 2.58 bits per heavy atom. The fraction of sp³-hybridized carbons (Fsp3) is 0.194. The monoisotopic (exact) mass is 602 g/mol. The summed E-state index contributed by atoms with van der Waals surface area (Å²) in [6.07, 6.45) is -1.60. The van der Waals surface area contributed by atoms with Crippen LogP contribution in [0.3, 0.4) is 0 Å². The summed E-state index contributed by atoms with van der Waals surface area (Å²) in [6, 6.07) is 19.1. The SMILES string of the molecule is Cc1ccc(C(C)C)c(N2C(=O)CS/C2=N/N=Cc2ccc3c(ccc4c3ncn4-c3ccc(OC(F)(F)F)cc3)n2)c1. The van der Waals surface area contributed by atoms with Crippen molar-refractivity contribution < 1.29 is 22.7 Å². The van der Waals surface area contributed by atoms with Gasteiger partial charge in [0.25, 0.3) is 0 Å². The quantitative estimate of drug-likeness (QED) is 0.150. The van der Waals surface area contributed by atoms with Crippen molar-refractivity contribution in [2.24, 2.45) is 10.2 Å². The van der Waals surface area contributed by atoms with E-state index in [1.807, 2.05) is 37.3 Å². The maximum absolute atomic E-state index is 12.8. The highest BCUT2D eigenvalue weighted by Gasteiger charge is 2.32. The molecule has 1 saturated heterocycles. The van der Waals surface area contributed by atoms with Crippen molar-refractivity contribution in [3.8, 4) is 11.4 Å². The number of aryl methyl sites for hydroxylation is 1. The van der Waals surface area contributed by atoms with Gasteiger partial charge in [0, 0.05) is 11.1 Å². The molecule has 6 rings (SSSR count). The predicted molar refractivity (Wildman–Crippen MR) is 163 cm³/mol. The first-order valence-electron chi connectivity index (χ1n) is 13.4. The van der Waals surface area contributed by atoms with Gasteiger partial charge in [0.1, 0.15) is 12.1 Å². The van der Waals surface area contributed by atoms with Crippen LogP contribution in [-0.4, -0.2) is 43.9 Å². The number of alkyl halides is 3. The Morgan fingerprint density at radius 1 is 1.05 bits per heavy atom. The van der Waals surface area contributed by atoms with Crippen LogP contribution in [-0.2, 0) is 4.79 Å². The van der Waals surface area contributed by atoms with Gasteiger partial charge in [0.05, 0.1) is 39.9 Å². The second-order valence-corrected chi connectivity index (χ2v) is 11.2. The van der Waals surface area contributed by atoms with Crippen LogP contribution in [0.25, 0.3) is 27.6 Å². The van der Waals surface area contributed by atoms with Gasteiger partial charge in [-0.2, -0.15) is 5.10 Å². The fourth-order valence-electron chi connectivity index (χ4n) is 4.93. The largest absolute Gasteiger partial charge is 0.573 e. The van der Waals surface area contributed by atoms with E-state index >= 15 is 0 Å². The number of hydrogen-bond donors (Lipinski definition) is 0. The lowest BCUT2D eigenvalue weighted by Gasteiger charge is -2.21. The molecule has 1 aliphatic rings. The number of carbonyl (C=O) groups is 1. The zero-order chi connectivity index (χ0) is 30.3. The normalized spacial score (nSPS) is 15.2. The van der Waals surface area contributed by atoms with E-state index < -0.39 is 6.36 Å².